The Morgan fingerprint density at radius 3 is 2.53 bits per heavy atom. The molecule has 4 rings (SSSR count). The van der Waals surface area contributed by atoms with Crippen LogP contribution in [0.2, 0.25) is 5.02 Å². The minimum Gasteiger partial charge on any atom is -0.378 e. The van der Waals surface area contributed by atoms with Crippen LogP contribution in [0.1, 0.15) is 36.1 Å². The van der Waals surface area contributed by atoms with E-state index in [1.54, 1.807) is 24.0 Å². The van der Waals surface area contributed by atoms with E-state index < -0.39 is 16.1 Å². The Bertz CT molecular complexity index is 1230. The number of sulfonamides is 1. The van der Waals surface area contributed by atoms with Crippen LogP contribution in [-0.4, -0.2) is 55.1 Å². The summed E-state index contributed by atoms with van der Waals surface area (Å²) in [6.07, 6.45) is 0. The van der Waals surface area contributed by atoms with Gasteiger partial charge < -0.3 is 14.2 Å². The van der Waals surface area contributed by atoms with Gasteiger partial charge in [0, 0.05) is 30.2 Å². The zero-order valence-electron chi connectivity index (χ0n) is 17.9. The van der Waals surface area contributed by atoms with Gasteiger partial charge >= 0.3 is 0 Å². The first-order valence-electron chi connectivity index (χ1n) is 10.4. The second-order valence-corrected chi connectivity index (χ2v) is 9.77. The van der Waals surface area contributed by atoms with Crippen molar-refractivity contribution in [2.45, 2.75) is 31.3 Å². The maximum Gasteiger partial charge on any atom is 0.254 e. The van der Waals surface area contributed by atoms with E-state index in [-0.39, 0.29) is 10.8 Å². The van der Waals surface area contributed by atoms with Gasteiger partial charge in [0.1, 0.15) is 5.82 Å². The van der Waals surface area contributed by atoms with Crippen LogP contribution in [-0.2, 0) is 21.3 Å². The van der Waals surface area contributed by atoms with Crippen molar-refractivity contribution in [1.82, 2.24) is 19.2 Å². The molecule has 8 nitrogen and oxygen atoms in total. The van der Waals surface area contributed by atoms with Crippen LogP contribution in [0, 0.1) is 0 Å². The molecule has 1 fully saturated rings. The molecule has 0 bridgehead atoms. The average molecular weight is 477 g/mol. The Morgan fingerprint density at radius 2 is 1.88 bits per heavy atom. The van der Waals surface area contributed by atoms with E-state index in [1.807, 2.05) is 17.6 Å². The highest BCUT2D eigenvalue weighted by Crippen LogP contribution is 2.24. The number of imidazole rings is 1. The number of carbonyl (C=O) groups is 1. The summed E-state index contributed by atoms with van der Waals surface area (Å²) in [7, 11) is -3.76. The second-order valence-electron chi connectivity index (χ2n) is 7.62. The third-order valence-electron chi connectivity index (χ3n) is 5.48. The van der Waals surface area contributed by atoms with E-state index >= 15 is 0 Å². The molecule has 1 saturated heterocycles. The van der Waals surface area contributed by atoms with Crippen LogP contribution in [0.25, 0.3) is 11.0 Å². The molecule has 1 aliphatic rings. The maximum atomic E-state index is 12.9. The number of morpholine rings is 1. The third-order valence-corrected chi connectivity index (χ3v) is 7.29. The molecule has 0 saturated carbocycles. The van der Waals surface area contributed by atoms with Gasteiger partial charge in [0.15, 0.2) is 0 Å². The molecule has 0 unspecified atom stereocenters. The van der Waals surface area contributed by atoms with Gasteiger partial charge in [-0.1, -0.05) is 11.6 Å². The summed E-state index contributed by atoms with van der Waals surface area (Å²) in [4.78, 5) is 19.5. The number of amides is 1. The Morgan fingerprint density at radius 1 is 1.19 bits per heavy atom. The molecule has 10 heteroatoms. The number of nitrogens with one attached hydrogen (secondary N) is 1. The van der Waals surface area contributed by atoms with Crippen molar-refractivity contribution in [3.8, 4) is 0 Å². The molecule has 1 N–H and O–H groups in total. The van der Waals surface area contributed by atoms with Crippen molar-refractivity contribution in [2.24, 2.45) is 0 Å². The number of hydrogen-bond acceptors (Lipinski definition) is 5. The monoisotopic (exact) mass is 476 g/mol. The number of fused-ring (bicyclic) bond motifs is 1. The molecule has 1 aliphatic heterocycles. The molecule has 3 aromatic rings. The highest BCUT2D eigenvalue weighted by molar-refractivity contribution is 7.89. The Balaban J connectivity index is 1.63. The molecule has 1 aromatic heterocycles. The Hall–Kier alpha value is -2.46. The quantitative estimate of drug-likeness (QED) is 0.589. The van der Waals surface area contributed by atoms with E-state index in [2.05, 4.69) is 9.71 Å². The maximum absolute atomic E-state index is 12.9. The van der Waals surface area contributed by atoms with Crippen LogP contribution in [0.5, 0.6) is 0 Å². The van der Waals surface area contributed by atoms with E-state index in [4.69, 9.17) is 16.3 Å². The number of nitrogens with zero attached hydrogens (tertiary/aromatic N) is 3. The number of ether oxygens (including phenoxy) is 1. The summed E-state index contributed by atoms with van der Waals surface area (Å²) in [5, 5.41) is 0.465. The van der Waals surface area contributed by atoms with Crippen molar-refractivity contribution in [2.75, 3.05) is 26.3 Å². The molecule has 32 heavy (non-hydrogen) atoms. The minimum absolute atomic E-state index is 0.0444. The van der Waals surface area contributed by atoms with Gasteiger partial charge in [-0.3, -0.25) is 4.79 Å². The first kappa shape index (κ1) is 22.7. The molecule has 0 radical (unpaired) electrons. The highest BCUT2D eigenvalue weighted by atomic mass is 35.5. The standard InChI is InChI=1S/C22H25ClN4O4S/c1-3-27-20-14-16(22(28)26-10-12-31-13-11-26)4-9-19(20)24-21(27)15(2)25-32(29,30)18-7-5-17(23)6-8-18/h4-9,14-15,25H,3,10-13H2,1-2H3/t15-/m1/s1. The highest BCUT2D eigenvalue weighted by Gasteiger charge is 2.24. The van der Waals surface area contributed by atoms with Crippen LogP contribution in [0.4, 0.5) is 0 Å². The number of carbonyl (C=O) groups excluding carboxylic acids is 1. The van der Waals surface area contributed by atoms with Gasteiger partial charge in [-0.25, -0.2) is 18.1 Å². The van der Waals surface area contributed by atoms with Gasteiger partial charge in [0.25, 0.3) is 5.91 Å². The summed E-state index contributed by atoms with van der Waals surface area (Å²) in [6.45, 7) is 6.50. The molecular weight excluding hydrogens is 452 g/mol. The summed E-state index contributed by atoms with van der Waals surface area (Å²) in [6, 6.07) is 10.8. The largest absolute Gasteiger partial charge is 0.378 e. The van der Waals surface area contributed by atoms with Crippen molar-refractivity contribution >= 4 is 38.6 Å². The van der Waals surface area contributed by atoms with Crippen molar-refractivity contribution in [3.05, 3.63) is 58.9 Å². The Kier molecular flexibility index (Phi) is 6.52. The summed E-state index contributed by atoms with van der Waals surface area (Å²) in [5.74, 6) is 0.535. The van der Waals surface area contributed by atoms with Crippen LogP contribution in [0.3, 0.4) is 0 Å². The van der Waals surface area contributed by atoms with Crippen molar-refractivity contribution in [3.63, 3.8) is 0 Å². The van der Waals surface area contributed by atoms with E-state index in [0.717, 1.165) is 5.52 Å². The van der Waals surface area contributed by atoms with Crippen LogP contribution >= 0.6 is 11.6 Å². The lowest BCUT2D eigenvalue weighted by Gasteiger charge is -2.26. The molecule has 0 aliphatic carbocycles. The SMILES string of the molecule is CCn1c([C@@H](C)NS(=O)(=O)c2ccc(Cl)cc2)nc2ccc(C(=O)N3CCOCC3)cc21. The first-order valence-corrected chi connectivity index (χ1v) is 12.3. The molecule has 1 atom stereocenters. The topological polar surface area (TPSA) is 93.5 Å². The third kappa shape index (κ3) is 4.52. The van der Waals surface area contributed by atoms with Gasteiger partial charge in [-0.15, -0.1) is 0 Å². The zero-order valence-corrected chi connectivity index (χ0v) is 19.5. The minimum atomic E-state index is -3.76. The lowest BCUT2D eigenvalue weighted by Crippen LogP contribution is -2.40. The van der Waals surface area contributed by atoms with Crippen LogP contribution in [0.15, 0.2) is 47.4 Å². The number of halogens is 1. The van der Waals surface area contributed by atoms with Gasteiger partial charge in [0.2, 0.25) is 10.0 Å². The molecular formula is C22H25ClN4O4S. The smallest absolute Gasteiger partial charge is 0.254 e. The lowest BCUT2D eigenvalue weighted by molar-refractivity contribution is 0.0303. The van der Waals surface area contributed by atoms with E-state index in [1.165, 1.54) is 24.3 Å². The van der Waals surface area contributed by atoms with E-state index in [0.29, 0.717) is 54.8 Å². The van der Waals surface area contributed by atoms with Gasteiger partial charge in [-0.05, 0) is 56.3 Å². The molecule has 170 valence electrons. The average Bonchev–Trinajstić information content (AvgIpc) is 3.17. The number of benzene rings is 2. The fourth-order valence-corrected chi connectivity index (χ4v) is 5.18. The second kappa shape index (κ2) is 9.19. The van der Waals surface area contributed by atoms with Gasteiger partial charge in [0.05, 0.1) is 35.2 Å². The molecule has 0 spiro atoms. The fourth-order valence-electron chi connectivity index (χ4n) is 3.85. The predicted octanol–water partition coefficient (Wildman–Crippen LogP) is 3.22. The van der Waals surface area contributed by atoms with Gasteiger partial charge in [-0.2, -0.15) is 0 Å². The van der Waals surface area contributed by atoms with E-state index in [9.17, 15) is 13.2 Å². The molecule has 1 amide bonds. The number of aromatic nitrogens is 2. The number of hydrogen-bond donors (Lipinski definition) is 1. The van der Waals surface area contributed by atoms with Crippen molar-refractivity contribution in [1.29, 1.82) is 0 Å². The molecule has 2 heterocycles. The number of rotatable bonds is 6. The first-order chi connectivity index (χ1) is 15.3. The van der Waals surface area contributed by atoms with Crippen LogP contribution < -0.4 is 4.72 Å². The van der Waals surface area contributed by atoms with Crippen molar-refractivity contribution < 1.29 is 17.9 Å². The fraction of sp³-hybridized carbons (Fsp3) is 0.364. The predicted molar refractivity (Wildman–Crippen MR) is 122 cm³/mol. The Labute approximate surface area is 192 Å². The summed E-state index contributed by atoms with van der Waals surface area (Å²) >= 11 is 5.87. The molecule has 2 aromatic carbocycles. The lowest BCUT2D eigenvalue weighted by atomic mass is 10.1. The summed E-state index contributed by atoms with van der Waals surface area (Å²) < 4.78 is 35.6. The normalized spacial score (nSPS) is 15.8. The summed E-state index contributed by atoms with van der Waals surface area (Å²) in [5.41, 5.74) is 2.08. The zero-order chi connectivity index (χ0) is 22.9. The number of aryl methyl sites for hydroxylation is 1.